The summed E-state index contributed by atoms with van der Waals surface area (Å²) in [6, 6.07) is 17.3. The first-order valence-electron chi connectivity index (χ1n) is 11.9. The van der Waals surface area contributed by atoms with Crippen molar-refractivity contribution < 1.29 is 14.6 Å². The van der Waals surface area contributed by atoms with Crippen LogP contribution in [0.3, 0.4) is 0 Å². The molecule has 0 unspecified atom stereocenters. The number of carbonyl (C=O) groups excluding carboxylic acids is 1. The van der Waals surface area contributed by atoms with Crippen molar-refractivity contribution in [2.24, 2.45) is 12.8 Å². The van der Waals surface area contributed by atoms with Gasteiger partial charge in [-0.1, -0.05) is 49.2 Å². The highest BCUT2D eigenvalue weighted by Gasteiger charge is 2.15. The van der Waals surface area contributed by atoms with Crippen LogP contribution in [0.2, 0.25) is 0 Å². The maximum atomic E-state index is 11.1. The number of benzene rings is 2. The summed E-state index contributed by atoms with van der Waals surface area (Å²) >= 11 is 0. The Morgan fingerprint density at radius 1 is 1.03 bits per heavy atom. The molecule has 2 aromatic carbocycles. The third-order valence-corrected chi connectivity index (χ3v) is 6.14. The summed E-state index contributed by atoms with van der Waals surface area (Å²) in [4.78, 5) is 15.0. The minimum absolute atomic E-state index is 0.139. The molecule has 5 N–H and O–H groups in total. The van der Waals surface area contributed by atoms with E-state index in [1.807, 2.05) is 25.4 Å². The fourth-order valence-corrected chi connectivity index (χ4v) is 4.15. The van der Waals surface area contributed by atoms with E-state index < -0.39 is 5.91 Å². The number of phenolic OH excluding ortho intramolecular Hbond substituents is 1. The molecule has 8 heteroatoms. The molecule has 1 saturated carbocycles. The van der Waals surface area contributed by atoms with Crippen molar-refractivity contribution in [3.63, 3.8) is 0 Å². The number of aromatic nitrogens is 3. The average molecular weight is 486 g/mol. The van der Waals surface area contributed by atoms with E-state index in [0.717, 1.165) is 22.3 Å². The third-order valence-electron chi connectivity index (χ3n) is 6.14. The van der Waals surface area contributed by atoms with E-state index in [1.54, 1.807) is 35.3 Å². The number of amides is 1. The molecular weight excluding hydrogens is 454 g/mol. The van der Waals surface area contributed by atoms with E-state index >= 15 is 0 Å². The second-order valence-electron chi connectivity index (χ2n) is 8.89. The van der Waals surface area contributed by atoms with Gasteiger partial charge >= 0.3 is 0 Å². The monoisotopic (exact) mass is 485 g/mol. The van der Waals surface area contributed by atoms with E-state index in [4.69, 9.17) is 16.2 Å². The molecule has 1 amide bonds. The molecule has 5 rings (SSSR count). The number of nitrogens with zero attached hydrogens (tertiary/aromatic N) is 3. The van der Waals surface area contributed by atoms with E-state index in [9.17, 15) is 9.90 Å². The lowest BCUT2D eigenvalue weighted by molar-refractivity contribution is 0.0457. The Balaban J connectivity index is 0.000000174. The topological polar surface area (TPSA) is 129 Å². The Morgan fingerprint density at radius 2 is 1.78 bits per heavy atom. The van der Waals surface area contributed by atoms with Gasteiger partial charge in [-0.3, -0.25) is 9.48 Å². The molecule has 186 valence electrons. The van der Waals surface area contributed by atoms with Crippen molar-refractivity contribution in [2.75, 3.05) is 5.73 Å². The Kier molecular flexibility index (Phi) is 7.97. The normalized spacial score (nSPS) is 13.2. The first kappa shape index (κ1) is 24.9. The van der Waals surface area contributed by atoms with Crippen LogP contribution in [0.15, 0.2) is 73.2 Å². The van der Waals surface area contributed by atoms with Gasteiger partial charge in [-0.2, -0.15) is 5.10 Å². The molecule has 8 nitrogen and oxygen atoms in total. The van der Waals surface area contributed by atoms with Crippen molar-refractivity contribution in [2.45, 2.75) is 38.4 Å². The lowest BCUT2D eigenvalue weighted by Crippen LogP contribution is -2.14. The summed E-state index contributed by atoms with van der Waals surface area (Å²) in [6.45, 7) is 0.699. The van der Waals surface area contributed by atoms with Crippen LogP contribution in [0.5, 0.6) is 5.75 Å². The highest BCUT2D eigenvalue weighted by atomic mass is 16.5. The lowest BCUT2D eigenvalue weighted by Gasteiger charge is -2.11. The second kappa shape index (κ2) is 11.5. The molecule has 36 heavy (non-hydrogen) atoms. The van der Waals surface area contributed by atoms with Crippen LogP contribution in [0.4, 0.5) is 5.82 Å². The third kappa shape index (κ3) is 6.49. The first-order valence-corrected chi connectivity index (χ1v) is 11.9. The molecule has 0 atom stereocenters. The summed E-state index contributed by atoms with van der Waals surface area (Å²) in [5.41, 5.74) is 15.9. The van der Waals surface area contributed by atoms with Gasteiger partial charge in [0.15, 0.2) is 0 Å². The first-order chi connectivity index (χ1) is 17.4. The highest BCUT2D eigenvalue weighted by molar-refractivity contribution is 5.98. The van der Waals surface area contributed by atoms with Gasteiger partial charge in [0, 0.05) is 30.6 Å². The Hall–Kier alpha value is -4.17. The molecular formula is C28H31N5O3. The summed E-state index contributed by atoms with van der Waals surface area (Å²) in [5, 5.41) is 13.5. The van der Waals surface area contributed by atoms with Crippen LogP contribution in [-0.4, -0.2) is 31.9 Å². The SMILES string of the molecule is Cn1cc(-c2cnc(N)c(C(N)=O)c2)cn1.Oc1cccc(-c2ccc(COC3CCCC3)cc2)c1. The number of aryl methyl sites for hydroxylation is 1. The quantitative estimate of drug-likeness (QED) is 0.364. The minimum atomic E-state index is -0.587. The summed E-state index contributed by atoms with van der Waals surface area (Å²) in [7, 11) is 1.81. The number of hydrogen-bond donors (Lipinski definition) is 3. The predicted molar refractivity (Wildman–Crippen MR) is 140 cm³/mol. The van der Waals surface area contributed by atoms with Crippen LogP contribution < -0.4 is 11.5 Å². The second-order valence-corrected chi connectivity index (χ2v) is 8.89. The zero-order valence-electron chi connectivity index (χ0n) is 20.3. The smallest absolute Gasteiger partial charge is 0.252 e. The van der Waals surface area contributed by atoms with Crippen molar-refractivity contribution in [1.29, 1.82) is 0 Å². The van der Waals surface area contributed by atoms with Crippen LogP contribution in [0.1, 0.15) is 41.6 Å². The van der Waals surface area contributed by atoms with Gasteiger partial charge in [-0.05, 0) is 47.7 Å². The van der Waals surface area contributed by atoms with Crippen LogP contribution in [-0.2, 0) is 18.4 Å². The van der Waals surface area contributed by atoms with E-state index in [1.165, 1.54) is 31.2 Å². The molecule has 0 spiro atoms. The number of nitrogens with two attached hydrogens (primary N) is 2. The van der Waals surface area contributed by atoms with Gasteiger partial charge in [-0.25, -0.2) is 4.98 Å². The molecule has 0 saturated heterocycles. The summed E-state index contributed by atoms with van der Waals surface area (Å²) < 4.78 is 7.58. The number of pyridine rings is 1. The number of carbonyl (C=O) groups is 1. The van der Waals surface area contributed by atoms with Gasteiger partial charge < -0.3 is 21.3 Å². The summed E-state index contributed by atoms with van der Waals surface area (Å²) in [5.74, 6) is -0.146. The van der Waals surface area contributed by atoms with E-state index in [0.29, 0.717) is 18.5 Å². The lowest BCUT2D eigenvalue weighted by atomic mass is 10.0. The van der Waals surface area contributed by atoms with Crippen molar-refractivity contribution in [3.05, 3.63) is 84.3 Å². The molecule has 0 bridgehead atoms. The van der Waals surface area contributed by atoms with Crippen LogP contribution >= 0.6 is 0 Å². The molecule has 2 aromatic heterocycles. The Morgan fingerprint density at radius 3 is 2.42 bits per heavy atom. The summed E-state index contributed by atoms with van der Waals surface area (Å²) in [6.07, 6.45) is 10.6. The molecule has 0 aliphatic heterocycles. The number of primary amides is 1. The number of ether oxygens (including phenoxy) is 1. The van der Waals surface area contributed by atoms with Gasteiger partial charge in [0.05, 0.1) is 24.5 Å². The standard InChI is InChI=1S/C18H20O2.C10H11N5O/c19-17-5-3-4-16(12-17)15-10-8-14(9-11-15)13-20-18-6-1-2-7-18;1-15-5-7(4-14-15)6-2-8(10(12)16)9(11)13-3-6/h3-5,8-12,18-19H,1-2,6-7,13H2;2-5H,1H3,(H2,11,13)(H2,12,16). The average Bonchev–Trinajstić information content (AvgIpc) is 3.56. The highest BCUT2D eigenvalue weighted by Crippen LogP contribution is 2.25. The molecule has 1 aliphatic carbocycles. The van der Waals surface area contributed by atoms with Gasteiger partial charge in [0.2, 0.25) is 0 Å². The molecule has 2 heterocycles. The number of nitrogen functional groups attached to an aromatic ring is 1. The molecule has 1 aliphatic rings. The van der Waals surface area contributed by atoms with Crippen molar-refractivity contribution >= 4 is 11.7 Å². The van der Waals surface area contributed by atoms with E-state index in [2.05, 4.69) is 34.3 Å². The Labute approximate surface area is 210 Å². The molecule has 4 aromatic rings. The zero-order valence-corrected chi connectivity index (χ0v) is 20.3. The van der Waals surface area contributed by atoms with Gasteiger partial charge in [-0.15, -0.1) is 0 Å². The maximum absolute atomic E-state index is 11.1. The number of rotatable bonds is 6. The van der Waals surface area contributed by atoms with Gasteiger partial charge in [0.25, 0.3) is 5.91 Å². The van der Waals surface area contributed by atoms with Crippen molar-refractivity contribution in [3.8, 4) is 28.0 Å². The number of hydrogen-bond acceptors (Lipinski definition) is 6. The largest absolute Gasteiger partial charge is 0.508 e. The molecule has 0 radical (unpaired) electrons. The fraction of sp³-hybridized carbons (Fsp3) is 0.250. The number of phenols is 1. The van der Waals surface area contributed by atoms with Gasteiger partial charge in [0.1, 0.15) is 11.6 Å². The van der Waals surface area contributed by atoms with Crippen LogP contribution in [0, 0.1) is 0 Å². The van der Waals surface area contributed by atoms with Crippen molar-refractivity contribution in [1.82, 2.24) is 14.8 Å². The number of anilines is 1. The molecule has 1 fully saturated rings. The zero-order chi connectivity index (χ0) is 25.5. The fourth-order valence-electron chi connectivity index (χ4n) is 4.15. The van der Waals surface area contributed by atoms with E-state index in [-0.39, 0.29) is 11.4 Å². The maximum Gasteiger partial charge on any atom is 0.252 e. The number of aromatic hydroxyl groups is 1. The minimum Gasteiger partial charge on any atom is -0.508 e. The Bertz CT molecular complexity index is 1310. The van der Waals surface area contributed by atoms with Crippen LogP contribution in [0.25, 0.3) is 22.3 Å². The predicted octanol–water partition coefficient (Wildman–Crippen LogP) is 4.68.